The van der Waals surface area contributed by atoms with Gasteiger partial charge in [-0.1, -0.05) is 0 Å². The van der Waals surface area contributed by atoms with Crippen molar-refractivity contribution in [1.29, 1.82) is 5.26 Å². The van der Waals surface area contributed by atoms with E-state index in [0.29, 0.717) is 22.8 Å². The van der Waals surface area contributed by atoms with Gasteiger partial charge in [-0.3, -0.25) is 4.98 Å². The second kappa shape index (κ2) is 7.10. The van der Waals surface area contributed by atoms with Crippen LogP contribution in [0.3, 0.4) is 0 Å². The van der Waals surface area contributed by atoms with Gasteiger partial charge in [-0.2, -0.15) is 5.26 Å². The maximum Gasteiger partial charge on any atom is 0.144 e. The van der Waals surface area contributed by atoms with Crippen LogP contribution >= 0.6 is 0 Å². The van der Waals surface area contributed by atoms with Crippen LogP contribution in [-0.4, -0.2) is 23.6 Å². The lowest BCUT2D eigenvalue weighted by Gasteiger charge is -2.08. The Hall–Kier alpha value is -2.81. The molecular weight excluding hydrogens is 268 g/mol. The van der Waals surface area contributed by atoms with Gasteiger partial charge in [0.25, 0.3) is 0 Å². The van der Waals surface area contributed by atoms with Gasteiger partial charge in [-0.05, 0) is 19.1 Å². The van der Waals surface area contributed by atoms with Crippen molar-refractivity contribution in [2.45, 2.75) is 13.5 Å². The van der Waals surface area contributed by atoms with Gasteiger partial charge < -0.3 is 14.8 Å². The first-order valence-electron chi connectivity index (χ1n) is 6.52. The van der Waals surface area contributed by atoms with Gasteiger partial charge in [0.05, 0.1) is 36.8 Å². The number of rotatable bonds is 6. The number of hydrogen-bond donors (Lipinski definition) is 1. The van der Waals surface area contributed by atoms with Crippen molar-refractivity contribution < 1.29 is 9.47 Å². The Bertz CT molecular complexity index is 635. The monoisotopic (exact) mass is 284 g/mol. The van der Waals surface area contributed by atoms with E-state index >= 15 is 0 Å². The first kappa shape index (κ1) is 14.6. The van der Waals surface area contributed by atoms with Crippen molar-refractivity contribution in [3.05, 3.63) is 41.9 Å². The SMILES string of the molecule is CCNc1cnc(COc2cc(C#N)cc(OC)c2)cn1. The quantitative estimate of drug-likeness (QED) is 0.877. The Morgan fingerprint density at radius 2 is 2.00 bits per heavy atom. The zero-order chi connectivity index (χ0) is 15.1. The van der Waals surface area contributed by atoms with Crippen molar-refractivity contribution in [2.24, 2.45) is 0 Å². The van der Waals surface area contributed by atoms with E-state index in [0.717, 1.165) is 12.4 Å². The molecule has 0 saturated carbocycles. The van der Waals surface area contributed by atoms with Gasteiger partial charge in [0.1, 0.15) is 23.9 Å². The van der Waals surface area contributed by atoms with Crippen LogP contribution in [0.5, 0.6) is 11.5 Å². The lowest BCUT2D eigenvalue weighted by Crippen LogP contribution is -2.03. The van der Waals surface area contributed by atoms with E-state index < -0.39 is 0 Å². The summed E-state index contributed by atoms with van der Waals surface area (Å²) < 4.78 is 10.7. The topological polar surface area (TPSA) is 80.1 Å². The molecule has 6 heteroatoms. The summed E-state index contributed by atoms with van der Waals surface area (Å²) in [7, 11) is 1.55. The Balaban J connectivity index is 2.04. The molecule has 0 saturated heterocycles. The number of ether oxygens (including phenoxy) is 2. The maximum atomic E-state index is 8.96. The molecule has 0 spiro atoms. The second-order valence-electron chi connectivity index (χ2n) is 4.22. The summed E-state index contributed by atoms with van der Waals surface area (Å²) in [4.78, 5) is 8.47. The standard InChI is InChI=1S/C15H16N4O2/c1-3-17-15-9-18-12(8-19-15)10-21-14-5-11(7-16)4-13(6-14)20-2/h4-6,8-9H,3,10H2,1-2H3,(H,17,19). The summed E-state index contributed by atoms with van der Waals surface area (Å²) >= 11 is 0. The minimum absolute atomic E-state index is 0.275. The van der Waals surface area contributed by atoms with E-state index in [1.165, 1.54) is 0 Å². The van der Waals surface area contributed by atoms with E-state index in [1.54, 1.807) is 37.7 Å². The van der Waals surface area contributed by atoms with Gasteiger partial charge in [0, 0.05) is 12.6 Å². The van der Waals surface area contributed by atoms with E-state index in [2.05, 4.69) is 21.4 Å². The highest BCUT2D eigenvalue weighted by Crippen LogP contribution is 2.23. The molecular formula is C15H16N4O2. The molecule has 0 fully saturated rings. The average Bonchev–Trinajstić information content (AvgIpc) is 2.54. The van der Waals surface area contributed by atoms with E-state index in [1.807, 2.05) is 6.92 Å². The van der Waals surface area contributed by atoms with Crippen molar-refractivity contribution in [3.8, 4) is 17.6 Å². The molecule has 2 aromatic rings. The molecule has 0 atom stereocenters. The molecule has 1 aromatic carbocycles. The molecule has 108 valence electrons. The first-order chi connectivity index (χ1) is 10.2. The maximum absolute atomic E-state index is 8.96. The molecule has 0 amide bonds. The molecule has 0 aliphatic rings. The number of benzene rings is 1. The van der Waals surface area contributed by atoms with Gasteiger partial charge in [-0.25, -0.2) is 4.98 Å². The van der Waals surface area contributed by atoms with Crippen molar-refractivity contribution >= 4 is 5.82 Å². The Kier molecular flexibility index (Phi) is 4.94. The number of nitriles is 1. The first-order valence-corrected chi connectivity index (χ1v) is 6.52. The molecule has 1 heterocycles. The smallest absolute Gasteiger partial charge is 0.144 e. The van der Waals surface area contributed by atoms with Crippen LogP contribution in [0, 0.1) is 11.3 Å². The normalized spacial score (nSPS) is 9.76. The highest BCUT2D eigenvalue weighted by atomic mass is 16.5. The van der Waals surface area contributed by atoms with Gasteiger partial charge in [0.2, 0.25) is 0 Å². The fourth-order valence-electron chi connectivity index (χ4n) is 1.70. The number of nitrogens with one attached hydrogen (secondary N) is 1. The van der Waals surface area contributed by atoms with Crippen LogP contribution in [0.25, 0.3) is 0 Å². The largest absolute Gasteiger partial charge is 0.497 e. The van der Waals surface area contributed by atoms with E-state index in [4.69, 9.17) is 14.7 Å². The fraction of sp³-hybridized carbons (Fsp3) is 0.267. The molecule has 1 N–H and O–H groups in total. The third kappa shape index (κ3) is 4.08. The molecule has 0 bridgehead atoms. The van der Waals surface area contributed by atoms with Crippen molar-refractivity contribution in [2.75, 3.05) is 19.0 Å². The zero-order valence-corrected chi connectivity index (χ0v) is 12.0. The van der Waals surface area contributed by atoms with E-state index in [9.17, 15) is 0 Å². The number of anilines is 1. The van der Waals surface area contributed by atoms with Crippen LogP contribution in [0.1, 0.15) is 18.2 Å². The summed E-state index contributed by atoms with van der Waals surface area (Å²) in [6.07, 6.45) is 3.32. The molecule has 2 rings (SSSR count). The molecule has 21 heavy (non-hydrogen) atoms. The van der Waals surface area contributed by atoms with Crippen molar-refractivity contribution in [3.63, 3.8) is 0 Å². The lowest BCUT2D eigenvalue weighted by atomic mass is 10.2. The molecule has 0 unspecified atom stereocenters. The molecule has 6 nitrogen and oxygen atoms in total. The number of methoxy groups -OCH3 is 1. The summed E-state index contributed by atoms with van der Waals surface area (Å²) in [5.41, 5.74) is 1.19. The average molecular weight is 284 g/mol. The summed E-state index contributed by atoms with van der Waals surface area (Å²) in [6.45, 7) is 3.07. The predicted octanol–water partition coefficient (Wildman–Crippen LogP) is 2.37. The minimum Gasteiger partial charge on any atom is -0.497 e. The number of aromatic nitrogens is 2. The third-order valence-electron chi connectivity index (χ3n) is 2.69. The van der Waals surface area contributed by atoms with Crippen LogP contribution < -0.4 is 14.8 Å². The number of hydrogen-bond acceptors (Lipinski definition) is 6. The van der Waals surface area contributed by atoms with Crippen LogP contribution in [0.2, 0.25) is 0 Å². The van der Waals surface area contributed by atoms with Crippen LogP contribution in [0.15, 0.2) is 30.6 Å². The van der Waals surface area contributed by atoms with Crippen molar-refractivity contribution in [1.82, 2.24) is 9.97 Å². The fourth-order valence-corrected chi connectivity index (χ4v) is 1.70. The Morgan fingerprint density at radius 3 is 2.62 bits per heavy atom. The van der Waals surface area contributed by atoms with Crippen LogP contribution in [0.4, 0.5) is 5.82 Å². The van der Waals surface area contributed by atoms with Crippen LogP contribution in [-0.2, 0) is 6.61 Å². The van der Waals surface area contributed by atoms with Gasteiger partial charge in [-0.15, -0.1) is 0 Å². The lowest BCUT2D eigenvalue weighted by molar-refractivity contribution is 0.298. The highest BCUT2D eigenvalue weighted by Gasteiger charge is 2.04. The Morgan fingerprint density at radius 1 is 1.19 bits per heavy atom. The summed E-state index contributed by atoms with van der Waals surface area (Å²) in [6, 6.07) is 7.10. The van der Waals surface area contributed by atoms with Gasteiger partial charge in [0.15, 0.2) is 0 Å². The van der Waals surface area contributed by atoms with Gasteiger partial charge >= 0.3 is 0 Å². The van der Waals surface area contributed by atoms with E-state index in [-0.39, 0.29) is 6.61 Å². The molecule has 0 radical (unpaired) electrons. The highest BCUT2D eigenvalue weighted by molar-refractivity contribution is 5.43. The predicted molar refractivity (Wildman–Crippen MR) is 78.2 cm³/mol. The third-order valence-corrected chi connectivity index (χ3v) is 2.69. The number of nitrogens with zero attached hydrogens (tertiary/aromatic N) is 3. The Labute approximate surface area is 123 Å². The minimum atomic E-state index is 0.275. The summed E-state index contributed by atoms with van der Waals surface area (Å²) in [5, 5.41) is 12.0. The second-order valence-corrected chi connectivity index (χ2v) is 4.22. The zero-order valence-electron chi connectivity index (χ0n) is 12.0. The molecule has 1 aromatic heterocycles. The molecule has 0 aliphatic carbocycles. The summed E-state index contributed by atoms with van der Waals surface area (Å²) in [5.74, 6) is 1.87. The molecule has 0 aliphatic heterocycles.